The van der Waals surface area contributed by atoms with Crippen molar-refractivity contribution in [2.45, 2.75) is 63.5 Å². The number of piperazine rings is 1. The van der Waals surface area contributed by atoms with Crippen LogP contribution in [0.2, 0.25) is 0 Å². The lowest BCUT2D eigenvalue weighted by Gasteiger charge is -2.50. The van der Waals surface area contributed by atoms with E-state index in [1.54, 1.807) is 4.90 Å². The molecular weight excluding hydrogens is 378 g/mol. The number of nitrogens with zero attached hydrogens (tertiary/aromatic N) is 2. The van der Waals surface area contributed by atoms with Crippen LogP contribution in [0.1, 0.15) is 46.0 Å². The summed E-state index contributed by atoms with van der Waals surface area (Å²) in [7, 11) is 0. The van der Waals surface area contributed by atoms with Crippen molar-refractivity contribution in [3.63, 3.8) is 0 Å². The van der Waals surface area contributed by atoms with Crippen LogP contribution in [0.15, 0.2) is 0 Å². The quantitative estimate of drug-likeness (QED) is 0.719. The lowest BCUT2D eigenvalue weighted by molar-refractivity contribution is -0.173. The second-order valence-electron chi connectivity index (χ2n) is 9.54. The minimum absolute atomic E-state index is 0.0860. The minimum Gasteiger partial charge on any atom is -0.380 e. The fraction of sp³-hybridized carbons (Fsp3) is 0.905. The van der Waals surface area contributed by atoms with Gasteiger partial charge in [-0.05, 0) is 37.0 Å². The number of amides is 2. The topological polar surface area (TPSA) is 61.9 Å². The van der Waals surface area contributed by atoms with Crippen LogP contribution in [0.3, 0.4) is 0 Å². The van der Waals surface area contributed by atoms with Crippen molar-refractivity contribution in [2.24, 2.45) is 23.7 Å². The van der Waals surface area contributed by atoms with Gasteiger partial charge >= 0.3 is 0 Å². The summed E-state index contributed by atoms with van der Waals surface area (Å²) in [6.45, 7) is 7.16. The first kappa shape index (κ1) is 20.4. The average Bonchev–Trinajstić information content (AvgIpc) is 2.61. The van der Waals surface area contributed by atoms with E-state index in [4.69, 9.17) is 16.3 Å². The number of alkyl halides is 1. The molecule has 3 heterocycles. The highest BCUT2D eigenvalue weighted by atomic mass is 35.5. The summed E-state index contributed by atoms with van der Waals surface area (Å²) < 4.78 is 5.40. The highest BCUT2D eigenvalue weighted by Crippen LogP contribution is 2.33. The molecule has 1 N–H and O–H groups in total. The number of carbonyl (C=O) groups excluding carboxylic acids is 2. The smallest absolute Gasteiger partial charge is 0.247 e. The molecule has 6 nitrogen and oxygen atoms in total. The molecule has 158 valence electrons. The Labute approximate surface area is 173 Å². The Morgan fingerprint density at radius 2 is 1.86 bits per heavy atom. The Hall–Kier alpha value is -0.850. The SMILES string of the molecule is CC1CCC(CN2C(=O)CN(C3NCC(Cl)CC3C)C(=O)C2C2COC2)CC1. The van der Waals surface area contributed by atoms with Gasteiger partial charge in [-0.25, -0.2) is 0 Å². The first-order valence-electron chi connectivity index (χ1n) is 11.0. The normalized spacial score (nSPS) is 40.5. The Balaban J connectivity index is 1.49. The molecule has 7 heteroatoms. The molecule has 4 atom stereocenters. The van der Waals surface area contributed by atoms with Gasteiger partial charge in [0, 0.05) is 24.4 Å². The second kappa shape index (κ2) is 8.49. The molecule has 0 radical (unpaired) electrons. The number of carbonyl (C=O) groups is 2. The molecule has 0 aromatic heterocycles. The first-order valence-corrected chi connectivity index (χ1v) is 11.4. The Kier molecular flexibility index (Phi) is 6.19. The molecule has 0 spiro atoms. The van der Waals surface area contributed by atoms with Crippen LogP contribution in [0.25, 0.3) is 0 Å². The van der Waals surface area contributed by atoms with Gasteiger partial charge in [-0.3, -0.25) is 14.9 Å². The second-order valence-corrected chi connectivity index (χ2v) is 10.2. The third kappa shape index (κ3) is 4.05. The van der Waals surface area contributed by atoms with Crippen molar-refractivity contribution in [3.8, 4) is 0 Å². The van der Waals surface area contributed by atoms with Gasteiger partial charge in [-0.15, -0.1) is 11.6 Å². The zero-order chi connectivity index (χ0) is 19.8. The molecule has 2 amide bonds. The molecular formula is C21H34ClN3O3. The average molecular weight is 412 g/mol. The van der Waals surface area contributed by atoms with Gasteiger partial charge in [-0.1, -0.05) is 26.7 Å². The molecule has 4 unspecified atom stereocenters. The van der Waals surface area contributed by atoms with E-state index in [-0.39, 0.29) is 47.8 Å². The largest absolute Gasteiger partial charge is 0.380 e. The van der Waals surface area contributed by atoms with Gasteiger partial charge in [-0.2, -0.15) is 0 Å². The van der Waals surface area contributed by atoms with Gasteiger partial charge in [0.2, 0.25) is 11.8 Å². The van der Waals surface area contributed by atoms with Crippen molar-refractivity contribution in [2.75, 3.05) is 32.8 Å². The number of hydrogen-bond acceptors (Lipinski definition) is 4. The van der Waals surface area contributed by atoms with Crippen LogP contribution in [0.5, 0.6) is 0 Å². The first-order chi connectivity index (χ1) is 13.4. The third-order valence-corrected chi connectivity index (χ3v) is 7.58. The number of piperidine rings is 1. The van der Waals surface area contributed by atoms with Crippen LogP contribution in [0.4, 0.5) is 0 Å². The number of ether oxygens (including phenoxy) is 1. The Morgan fingerprint density at radius 1 is 1.14 bits per heavy atom. The summed E-state index contributed by atoms with van der Waals surface area (Å²) in [6, 6.07) is -0.364. The van der Waals surface area contributed by atoms with E-state index in [9.17, 15) is 9.59 Å². The van der Waals surface area contributed by atoms with E-state index >= 15 is 0 Å². The fourth-order valence-electron chi connectivity index (χ4n) is 5.39. The van der Waals surface area contributed by atoms with Gasteiger partial charge in [0.1, 0.15) is 12.6 Å². The zero-order valence-corrected chi connectivity index (χ0v) is 17.9. The van der Waals surface area contributed by atoms with Crippen LogP contribution in [0, 0.1) is 23.7 Å². The van der Waals surface area contributed by atoms with E-state index in [0.29, 0.717) is 25.7 Å². The molecule has 1 saturated carbocycles. The van der Waals surface area contributed by atoms with E-state index in [2.05, 4.69) is 19.2 Å². The highest BCUT2D eigenvalue weighted by Gasteiger charge is 2.49. The molecule has 28 heavy (non-hydrogen) atoms. The Morgan fingerprint density at radius 3 is 2.46 bits per heavy atom. The molecule has 0 aromatic carbocycles. The molecule has 4 rings (SSSR count). The maximum absolute atomic E-state index is 13.5. The number of halogens is 1. The van der Waals surface area contributed by atoms with E-state index in [0.717, 1.165) is 31.7 Å². The van der Waals surface area contributed by atoms with Crippen molar-refractivity contribution >= 4 is 23.4 Å². The lowest BCUT2D eigenvalue weighted by atomic mass is 9.82. The van der Waals surface area contributed by atoms with Crippen molar-refractivity contribution in [1.82, 2.24) is 15.1 Å². The molecule has 1 aliphatic carbocycles. The van der Waals surface area contributed by atoms with E-state index in [1.807, 2.05) is 4.90 Å². The maximum atomic E-state index is 13.5. The number of hydrogen-bond donors (Lipinski definition) is 1. The molecule has 4 fully saturated rings. The van der Waals surface area contributed by atoms with Crippen LogP contribution in [-0.4, -0.2) is 72.0 Å². The minimum atomic E-state index is -0.364. The maximum Gasteiger partial charge on any atom is 0.247 e. The summed E-state index contributed by atoms with van der Waals surface area (Å²) in [5, 5.41) is 3.49. The van der Waals surface area contributed by atoms with Gasteiger partial charge in [0.15, 0.2) is 0 Å². The molecule has 0 aromatic rings. The van der Waals surface area contributed by atoms with E-state index < -0.39 is 0 Å². The summed E-state index contributed by atoms with van der Waals surface area (Å²) in [6.07, 6.45) is 5.54. The van der Waals surface area contributed by atoms with E-state index in [1.165, 1.54) is 12.8 Å². The van der Waals surface area contributed by atoms with Crippen molar-refractivity contribution < 1.29 is 14.3 Å². The standard InChI is InChI=1S/C21H34ClN3O3/c1-13-3-5-15(6-4-13)9-24-18(26)10-25(20-14(2)7-17(22)8-23-20)21(27)19(24)16-11-28-12-16/h13-17,19-20,23H,3-12H2,1-2H3. The fourth-order valence-corrected chi connectivity index (χ4v) is 5.76. The Bertz CT molecular complexity index is 591. The monoisotopic (exact) mass is 411 g/mol. The summed E-state index contributed by atoms with van der Waals surface area (Å²) in [4.78, 5) is 30.4. The van der Waals surface area contributed by atoms with Crippen LogP contribution in [-0.2, 0) is 14.3 Å². The van der Waals surface area contributed by atoms with Crippen molar-refractivity contribution in [1.29, 1.82) is 0 Å². The number of nitrogens with one attached hydrogen (secondary N) is 1. The molecule has 4 aliphatic rings. The number of rotatable bonds is 4. The zero-order valence-electron chi connectivity index (χ0n) is 17.1. The third-order valence-electron chi connectivity index (χ3n) is 7.25. The van der Waals surface area contributed by atoms with Crippen molar-refractivity contribution in [3.05, 3.63) is 0 Å². The molecule has 0 bridgehead atoms. The van der Waals surface area contributed by atoms with Crippen LogP contribution < -0.4 is 5.32 Å². The van der Waals surface area contributed by atoms with Crippen LogP contribution >= 0.6 is 11.6 Å². The molecule has 3 aliphatic heterocycles. The highest BCUT2D eigenvalue weighted by molar-refractivity contribution is 6.20. The van der Waals surface area contributed by atoms with Gasteiger partial charge < -0.3 is 14.5 Å². The summed E-state index contributed by atoms with van der Waals surface area (Å²) >= 11 is 6.28. The van der Waals surface area contributed by atoms with Gasteiger partial charge in [0.05, 0.1) is 19.4 Å². The lowest BCUT2D eigenvalue weighted by Crippen LogP contribution is -2.70. The van der Waals surface area contributed by atoms with Gasteiger partial charge in [0.25, 0.3) is 0 Å². The summed E-state index contributed by atoms with van der Waals surface area (Å²) in [5.74, 6) is 1.85. The predicted octanol–water partition coefficient (Wildman–Crippen LogP) is 2.06. The predicted molar refractivity (Wildman–Crippen MR) is 108 cm³/mol. The summed E-state index contributed by atoms with van der Waals surface area (Å²) in [5.41, 5.74) is 0. The molecule has 3 saturated heterocycles.